The van der Waals surface area contributed by atoms with E-state index < -0.39 is 5.72 Å². The first-order chi connectivity index (χ1) is 12.0. The van der Waals surface area contributed by atoms with Crippen molar-refractivity contribution in [3.05, 3.63) is 45.3 Å². The van der Waals surface area contributed by atoms with Gasteiger partial charge in [0.15, 0.2) is 0 Å². The highest BCUT2D eigenvalue weighted by molar-refractivity contribution is 8.04. The highest BCUT2D eigenvalue weighted by Crippen LogP contribution is 2.66. The predicted molar refractivity (Wildman–Crippen MR) is 88.6 cm³/mol. The Hall–Kier alpha value is -1.83. The van der Waals surface area contributed by atoms with Crippen molar-refractivity contribution in [2.75, 3.05) is 6.54 Å². The minimum absolute atomic E-state index is 0.0435. The second-order valence-electron chi connectivity index (χ2n) is 8.13. The highest BCUT2D eigenvalue weighted by Gasteiger charge is 2.72. The number of hydrogen-bond acceptors (Lipinski definition) is 5. The van der Waals surface area contributed by atoms with Crippen LogP contribution in [0, 0.1) is 5.41 Å². The summed E-state index contributed by atoms with van der Waals surface area (Å²) in [5, 5.41) is 15.0. The lowest BCUT2D eigenvalue weighted by Crippen LogP contribution is -3.24. The summed E-state index contributed by atoms with van der Waals surface area (Å²) < 4.78 is 0. The Morgan fingerprint density at radius 3 is 3.12 bits per heavy atom. The molecule has 2 aliphatic carbocycles. The molecule has 0 amide bonds. The first-order valence-corrected chi connectivity index (χ1v) is 9.69. The highest BCUT2D eigenvalue weighted by atomic mass is 32.2. The topological polar surface area (TPSA) is 86.6 Å². The van der Waals surface area contributed by atoms with Gasteiger partial charge in [-0.05, 0) is 12.0 Å². The molecule has 0 aromatic carbocycles. The van der Waals surface area contributed by atoms with Crippen LogP contribution in [-0.4, -0.2) is 39.3 Å². The molecule has 25 heavy (non-hydrogen) atoms. The Kier molecular flexibility index (Phi) is 1.95. The van der Waals surface area contributed by atoms with E-state index in [9.17, 15) is 14.7 Å². The van der Waals surface area contributed by atoms with Crippen LogP contribution in [0.15, 0.2) is 28.4 Å². The molecule has 7 rings (SSSR count). The number of ketones is 2. The number of Topliss-reactive ketones (excluding diaryl/α,β-unsaturated/α-hetero) is 1. The summed E-state index contributed by atoms with van der Waals surface area (Å²) in [7, 11) is 0. The van der Waals surface area contributed by atoms with Gasteiger partial charge in [-0.2, -0.15) is 0 Å². The summed E-state index contributed by atoms with van der Waals surface area (Å²) >= 11 is 1.66. The molecule has 6 aliphatic rings. The monoisotopic (exact) mass is 354 g/mol. The average molecular weight is 354 g/mol. The maximum atomic E-state index is 13.2. The van der Waals surface area contributed by atoms with Crippen molar-refractivity contribution >= 4 is 23.3 Å². The zero-order valence-electron chi connectivity index (χ0n) is 13.3. The first-order valence-electron chi connectivity index (χ1n) is 8.81. The molecule has 2 unspecified atom stereocenters. The smallest absolute Gasteiger partial charge is 0.265 e. The Bertz CT molecular complexity index is 1010. The summed E-state index contributed by atoms with van der Waals surface area (Å²) in [6.07, 6.45) is 5.65. The molecule has 4 aliphatic heterocycles. The maximum absolute atomic E-state index is 13.2. The Labute approximate surface area is 147 Å². The third-order valence-corrected chi connectivity index (χ3v) is 8.50. The van der Waals surface area contributed by atoms with Crippen LogP contribution < -0.4 is 10.2 Å². The molecule has 1 spiro atoms. The number of aromatic amines is 1. The number of carbonyl (C=O) groups excluding carboxylic acids is 2. The van der Waals surface area contributed by atoms with Crippen molar-refractivity contribution in [1.29, 1.82) is 0 Å². The molecule has 5 atom stereocenters. The molecule has 0 saturated carbocycles. The number of allylic oxidation sites excluding steroid dienone is 2. The number of carbonyl (C=O) groups is 2. The van der Waals surface area contributed by atoms with E-state index in [1.54, 1.807) is 17.8 Å². The van der Waals surface area contributed by atoms with Crippen LogP contribution in [0.25, 0.3) is 0 Å². The number of aliphatic hydroxyl groups is 1. The summed E-state index contributed by atoms with van der Waals surface area (Å²) in [6, 6.07) is -0.101. The summed E-state index contributed by atoms with van der Waals surface area (Å²) in [4.78, 5) is 31.2. The van der Waals surface area contributed by atoms with E-state index in [2.05, 4.69) is 10.3 Å². The first kappa shape index (κ1) is 13.4. The lowest BCUT2D eigenvalue weighted by atomic mass is 9.57. The van der Waals surface area contributed by atoms with E-state index in [0.717, 1.165) is 39.3 Å². The zero-order chi connectivity index (χ0) is 16.7. The van der Waals surface area contributed by atoms with Gasteiger partial charge in [0.2, 0.25) is 11.6 Å². The second kappa shape index (κ2) is 3.65. The fourth-order valence-electron chi connectivity index (χ4n) is 6.27. The molecule has 4 N–H and O–H groups in total. The van der Waals surface area contributed by atoms with E-state index >= 15 is 0 Å². The van der Waals surface area contributed by atoms with Gasteiger partial charge in [-0.15, -0.1) is 11.8 Å². The average Bonchev–Trinajstić information content (AvgIpc) is 3.12. The van der Waals surface area contributed by atoms with Crippen LogP contribution in [0.4, 0.5) is 0 Å². The van der Waals surface area contributed by atoms with Gasteiger partial charge in [-0.25, -0.2) is 0 Å². The van der Waals surface area contributed by atoms with Gasteiger partial charge < -0.3 is 15.4 Å². The minimum atomic E-state index is -1.37. The van der Waals surface area contributed by atoms with Crippen LogP contribution in [-0.2, 0) is 11.2 Å². The molecular weight excluding hydrogens is 338 g/mol. The van der Waals surface area contributed by atoms with Crippen molar-refractivity contribution in [2.45, 2.75) is 36.4 Å². The molecule has 7 heteroatoms. The fourth-order valence-corrected chi connectivity index (χ4v) is 7.79. The van der Waals surface area contributed by atoms with Crippen LogP contribution in [0.2, 0.25) is 0 Å². The lowest BCUT2D eigenvalue weighted by molar-refractivity contribution is -0.997. The number of rotatable bonds is 0. The number of fused-ring (bicyclic) bond motifs is 3. The van der Waals surface area contributed by atoms with Gasteiger partial charge in [-0.1, -0.05) is 0 Å². The van der Waals surface area contributed by atoms with Crippen molar-refractivity contribution < 1.29 is 19.6 Å². The Morgan fingerprint density at radius 1 is 1.36 bits per heavy atom. The number of piperidine rings is 1. The van der Waals surface area contributed by atoms with Gasteiger partial charge in [0.05, 0.1) is 29.7 Å². The zero-order valence-corrected chi connectivity index (χ0v) is 14.1. The van der Waals surface area contributed by atoms with E-state index in [1.807, 2.05) is 6.20 Å². The van der Waals surface area contributed by atoms with E-state index in [0.29, 0.717) is 24.4 Å². The molecule has 1 aromatic heterocycles. The van der Waals surface area contributed by atoms with Gasteiger partial charge in [-0.3, -0.25) is 14.5 Å². The molecule has 126 valence electrons. The third kappa shape index (κ3) is 1.19. The molecule has 2 fully saturated rings. The van der Waals surface area contributed by atoms with Crippen LogP contribution in [0.5, 0.6) is 0 Å². The molecule has 1 aromatic rings. The van der Waals surface area contributed by atoms with Crippen molar-refractivity contribution in [3.8, 4) is 0 Å². The SMILES string of the molecule is O=C1C2=C3C4c5c(c[nH]c51)CC[NH+]4[C@@]1(O)C[C@@]34C[C@@H](N2)SC4=CC1=O. The van der Waals surface area contributed by atoms with E-state index in [-0.39, 0.29) is 28.4 Å². The standard InChI is InChI=1S/C18H15N3O3S/c22-8-3-9-17-4-10(25-9)20-14-12(17)15-11-7(5-19-13(11)16(14)23)1-2-21(15)18(8,24)6-17/h3,5,10,15,19-20,24H,1-2,4,6H2/p+1/t10-,15?,17+,18+/m0/s1. The van der Waals surface area contributed by atoms with Crippen LogP contribution in [0.3, 0.4) is 0 Å². The summed E-state index contributed by atoms with van der Waals surface area (Å²) in [5.74, 6) is -0.122. The van der Waals surface area contributed by atoms with E-state index in [1.165, 1.54) is 0 Å². The number of nitrogens with one attached hydrogen (secondary N) is 3. The van der Waals surface area contributed by atoms with Crippen molar-refractivity contribution in [3.63, 3.8) is 0 Å². The molecule has 2 saturated heterocycles. The van der Waals surface area contributed by atoms with Gasteiger partial charge >= 0.3 is 0 Å². The van der Waals surface area contributed by atoms with Crippen LogP contribution in [0.1, 0.15) is 40.5 Å². The Balaban J connectivity index is 1.65. The van der Waals surface area contributed by atoms with Crippen LogP contribution >= 0.6 is 11.8 Å². The molecule has 0 radical (unpaired) electrons. The number of H-pyrrole nitrogens is 1. The minimum Gasteiger partial charge on any atom is -0.370 e. The van der Waals surface area contributed by atoms with E-state index in [4.69, 9.17) is 0 Å². The predicted octanol–water partition coefficient (Wildman–Crippen LogP) is -0.441. The number of quaternary nitrogens is 1. The number of thioether (sulfide) groups is 1. The third-order valence-electron chi connectivity index (χ3n) is 7.17. The number of hydrogen-bond donors (Lipinski definition) is 4. The summed E-state index contributed by atoms with van der Waals surface area (Å²) in [5.41, 5.74) is 2.96. The normalized spacial score (nSPS) is 44.7. The van der Waals surface area contributed by atoms with Crippen molar-refractivity contribution in [2.24, 2.45) is 5.41 Å². The molecular formula is C18H16N3O3S+. The van der Waals surface area contributed by atoms with Crippen molar-refractivity contribution in [1.82, 2.24) is 10.3 Å². The number of aromatic nitrogens is 1. The molecule has 3 bridgehead atoms. The van der Waals surface area contributed by atoms with Gasteiger partial charge in [0.25, 0.3) is 5.72 Å². The maximum Gasteiger partial charge on any atom is 0.265 e. The fraction of sp³-hybridized carbons (Fsp3) is 0.444. The van der Waals surface area contributed by atoms with Gasteiger partial charge in [0, 0.05) is 40.2 Å². The van der Waals surface area contributed by atoms with Gasteiger partial charge in [0.1, 0.15) is 6.04 Å². The lowest BCUT2D eigenvalue weighted by Gasteiger charge is -2.57. The second-order valence-corrected chi connectivity index (χ2v) is 9.37. The largest absolute Gasteiger partial charge is 0.370 e. The quantitative estimate of drug-likeness (QED) is 0.507. The summed E-state index contributed by atoms with van der Waals surface area (Å²) in [6.45, 7) is 0.706. The Morgan fingerprint density at radius 2 is 2.24 bits per heavy atom. The molecule has 6 nitrogen and oxygen atoms in total. The molecule has 5 heterocycles.